The molecule has 5 rings (SSSR count). The predicted octanol–water partition coefficient (Wildman–Crippen LogP) is 10.5. The third-order valence-electron chi connectivity index (χ3n) is 10.4. The van der Waals surface area contributed by atoms with Crippen LogP contribution in [-0.4, -0.2) is 31.1 Å². The lowest BCUT2D eigenvalue weighted by atomic mass is 9.86. The van der Waals surface area contributed by atoms with Crippen LogP contribution in [0.4, 0.5) is 0 Å². The lowest BCUT2D eigenvalue weighted by Crippen LogP contribution is -2.37. The molecule has 0 aromatic heterocycles. The second-order valence-electron chi connectivity index (χ2n) is 13.6. The van der Waals surface area contributed by atoms with Crippen LogP contribution in [0.5, 0.6) is 0 Å². The Bertz CT molecular complexity index is 1370. The van der Waals surface area contributed by atoms with Crippen molar-refractivity contribution in [2.45, 2.75) is 84.0 Å². The zero-order valence-corrected chi connectivity index (χ0v) is 28.0. The van der Waals surface area contributed by atoms with Crippen LogP contribution in [0, 0.1) is 11.8 Å². The topological polar surface area (TPSA) is 15.3 Å². The summed E-state index contributed by atoms with van der Waals surface area (Å²) in [6.07, 6.45) is 26.0. The quantitative estimate of drug-likeness (QED) is 0.205. The fraction of sp³-hybridized carbons (Fsp3) is 0.442. The van der Waals surface area contributed by atoms with Crippen LogP contribution in [0.15, 0.2) is 132 Å². The van der Waals surface area contributed by atoms with Gasteiger partial charge < -0.3 is 10.2 Å². The minimum atomic E-state index is 0.433. The van der Waals surface area contributed by atoms with Crippen LogP contribution in [0.3, 0.4) is 0 Å². The molecular formula is C43H56N2. The summed E-state index contributed by atoms with van der Waals surface area (Å²) < 4.78 is 0. The number of nitrogens with zero attached hydrogens (tertiary/aromatic N) is 1. The van der Waals surface area contributed by atoms with E-state index in [9.17, 15) is 0 Å². The van der Waals surface area contributed by atoms with E-state index in [4.69, 9.17) is 0 Å². The lowest BCUT2D eigenvalue weighted by Gasteiger charge is -2.36. The second kappa shape index (κ2) is 17.4. The normalized spacial score (nSPS) is 19.0. The summed E-state index contributed by atoms with van der Waals surface area (Å²) >= 11 is 0. The summed E-state index contributed by atoms with van der Waals surface area (Å²) in [6.45, 7) is 13.6. The summed E-state index contributed by atoms with van der Waals surface area (Å²) in [5.74, 6) is 1.98. The Morgan fingerprint density at radius 3 is 2.47 bits per heavy atom. The molecule has 0 bridgehead atoms. The van der Waals surface area contributed by atoms with Crippen molar-refractivity contribution in [2.24, 2.45) is 11.8 Å². The van der Waals surface area contributed by atoms with Crippen LogP contribution < -0.4 is 5.32 Å². The summed E-state index contributed by atoms with van der Waals surface area (Å²) in [6, 6.07) is 22.1. The molecule has 0 radical (unpaired) electrons. The van der Waals surface area contributed by atoms with Crippen LogP contribution in [0.25, 0.3) is 0 Å². The van der Waals surface area contributed by atoms with E-state index in [-0.39, 0.29) is 0 Å². The van der Waals surface area contributed by atoms with Crippen LogP contribution in [0.2, 0.25) is 0 Å². The Morgan fingerprint density at radius 2 is 1.73 bits per heavy atom. The number of piperidine rings is 1. The largest absolute Gasteiger partial charge is 0.384 e. The van der Waals surface area contributed by atoms with E-state index in [0.29, 0.717) is 5.92 Å². The standard InChI is InChI=1S/C43H56N2/c1-4-36(30-37-19-9-7-10-20-37)18-16-15-17-34(2)41-29-35(3)43(44-32-41)31-38-25-27-45(28-26-38)33-42(40-23-13-8-14-24-40)39-21-11-5-6-12-22-39/h5-11,13-14,19-24,29,36,38,42,44H,2,4,12,15-18,25-28,30-33H2,1,3H3. The molecule has 2 heterocycles. The first-order valence-corrected chi connectivity index (χ1v) is 17.8. The van der Waals surface area contributed by atoms with Gasteiger partial charge in [-0.25, -0.2) is 0 Å². The molecule has 2 atom stereocenters. The van der Waals surface area contributed by atoms with Gasteiger partial charge in [0.25, 0.3) is 0 Å². The van der Waals surface area contributed by atoms with Gasteiger partial charge in [-0.1, -0.05) is 135 Å². The van der Waals surface area contributed by atoms with Crippen molar-refractivity contribution in [2.75, 3.05) is 26.2 Å². The van der Waals surface area contributed by atoms with Gasteiger partial charge in [0.2, 0.25) is 0 Å². The average Bonchev–Trinajstić information content (AvgIpc) is 3.37. The van der Waals surface area contributed by atoms with Gasteiger partial charge in [0.1, 0.15) is 0 Å². The Labute approximate surface area is 274 Å². The molecule has 2 nitrogen and oxygen atoms in total. The Balaban J connectivity index is 1.06. The minimum Gasteiger partial charge on any atom is -0.384 e. The Morgan fingerprint density at radius 1 is 0.978 bits per heavy atom. The number of nitrogens with one attached hydrogen (secondary N) is 1. The first-order valence-electron chi connectivity index (χ1n) is 17.8. The van der Waals surface area contributed by atoms with Crippen molar-refractivity contribution >= 4 is 0 Å². The van der Waals surface area contributed by atoms with Crippen LogP contribution in [-0.2, 0) is 6.42 Å². The van der Waals surface area contributed by atoms with E-state index in [1.807, 2.05) is 0 Å². The number of unbranched alkanes of at least 4 members (excludes halogenated alkanes) is 1. The highest BCUT2D eigenvalue weighted by molar-refractivity contribution is 5.42. The SMILES string of the molecule is C=C(CCCCC(CC)Cc1ccccc1)C1=CC(C)=C(CC2CCN(CC(C3=CCC=CC=C3)c3ccccc3)CC2)NC1. The highest BCUT2D eigenvalue weighted by atomic mass is 15.1. The third-order valence-corrected chi connectivity index (χ3v) is 10.4. The summed E-state index contributed by atoms with van der Waals surface area (Å²) in [4.78, 5) is 2.71. The van der Waals surface area contributed by atoms with E-state index >= 15 is 0 Å². The molecule has 2 aromatic rings. The molecule has 1 N–H and O–H groups in total. The Hall–Kier alpha value is -3.36. The molecule has 238 valence electrons. The molecule has 2 aromatic carbocycles. The number of benzene rings is 2. The van der Waals surface area contributed by atoms with Gasteiger partial charge in [-0.2, -0.15) is 0 Å². The number of dihydropyridines is 1. The van der Waals surface area contributed by atoms with Crippen molar-refractivity contribution in [3.8, 4) is 0 Å². The highest BCUT2D eigenvalue weighted by Crippen LogP contribution is 2.32. The maximum absolute atomic E-state index is 4.50. The average molecular weight is 601 g/mol. The zero-order chi connectivity index (χ0) is 31.3. The maximum Gasteiger partial charge on any atom is 0.0400 e. The van der Waals surface area contributed by atoms with E-state index in [2.05, 4.69) is 128 Å². The molecule has 2 heteroatoms. The van der Waals surface area contributed by atoms with E-state index in [1.54, 1.807) is 0 Å². The van der Waals surface area contributed by atoms with Crippen molar-refractivity contribution < 1.29 is 0 Å². The van der Waals surface area contributed by atoms with Gasteiger partial charge in [0, 0.05) is 24.7 Å². The van der Waals surface area contributed by atoms with E-state index in [1.165, 1.54) is 104 Å². The monoisotopic (exact) mass is 600 g/mol. The smallest absolute Gasteiger partial charge is 0.0400 e. The molecule has 1 aliphatic carbocycles. The van der Waals surface area contributed by atoms with Gasteiger partial charge in [-0.15, -0.1) is 0 Å². The summed E-state index contributed by atoms with van der Waals surface area (Å²) in [5, 5.41) is 3.82. The van der Waals surface area contributed by atoms with Crippen LogP contribution in [0.1, 0.15) is 88.7 Å². The first-order chi connectivity index (χ1) is 22.1. The molecule has 0 saturated carbocycles. The van der Waals surface area contributed by atoms with Gasteiger partial charge in [-0.3, -0.25) is 0 Å². The predicted molar refractivity (Wildman–Crippen MR) is 194 cm³/mol. The summed E-state index contributed by atoms with van der Waals surface area (Å²) in [5.41, 5.74) is 9.98. The zero-order valence-electron chi connectivity index (χ0n) is 28.0. The molecule has 2 aliphatic heterocycles. The molecule has 0 amide bonds. The molecule has 2 unspecified atom stereocenters. The van der Waals surface area contributed by atoms with Gasteiger partial charge in [-0.05, 0) is 105 Å². The number of allylic oxidation sites excluding steroid dienone is 8. The molecule has 1 fully saturated rings. The maximum atomic E-state index is 4.50. The third kappa shape index (κ3) is 10.1. The molecular weight excluding hydrogens is 544 g/mol. The van der Waals surface area contributed by atoms with E-state index < -0.39 is 0 Å². The van der Waals surface area contributed by atoms with Gasteiger partial charge in [0.05, 0.1) is 0 Å². The van der Waals surface area contributed by atoms with Crippen molar-refractivity contribution in [3.63, 3.8) is 0 Å². The van der Waals surface area contributed by atoms with Crippen molar-refractivity contribution in [3.05, 3.63) is 143 Å². The van der Waals surface area contributed by atoms with Gasteiger partial charge in [0.15, 0.2) is 0 Å². The summed E-state index contributed by atoms with van der Waals surface area (Å²) in [7, 11) is 0. The molecule has 0 spiro atoms. The molecule has 1 saturated heterocycles. The van der Waals surface area contributed by atoms with Crippen LogP contribution >= 0.6 is 0 Å². The Kier molecular flexibility index (Phi) is 12.7. The number of hydrogen-bond acceptors (Lipinski definition) is 2. The van der Waals surface area contributed by atoms with Crippen molar-refractivity contribution in [1.82, 2.24) is 10.2 Å². The fourth-order valence-electron chi connectivity index (χ4n) is 7.39. The molecule has 45 heavy (non-hydrogen) atoms. The fourth-order valence-corrected chi connectivity index (χ4v) is 7.39. The second-order valence-corrected chi connectivity index (χ2v) is 13.6. The molecule has 3 aliphatic rings. The van der Waals surface area contributed by atoms with Gasteiger partial charge >= 0.3 is 0 Å². The number of hydrogen-bond donors (Lipinski definition) is 1. The minimum absolute atomic E-state index is 0.433. The first kappa shape index (κ1) is 33.0. The lowest BCUT2D eigenvalue weighted by molar-refractivity contribution is 0.178. The van der Waals surface area contributed by atoms with Crippen molar-refractivity contribution in [1.29, 1.82) is 0 Å². The van der Waals surface area contributed by atoms with E-state index in [0.717, 1.165) is 37.8 Å². The number of likely N-dealkylation sites (tertiary alicyclic amines) is 1. The number of rotatable bonds is 15. The highest BCUT2D eigenvalue weighted by Gasteiger charge is 2.25.